The molecule has 0 aliphatic carbocycles. The minimum atomic E-state index is 0.176. The van der Waals surface area contributed by atoms with Gasteiger partial charge in [0, 0.05) is 37.0 Å². The molecule has 3 aromatic rings. The van der Waals surface area contributed by atoms with E-state index in [2.05, 4.69) is 10.1 Å². The summed E-state index contributed by atoms with van der Waals surface area (Å²) >= 11 is 1.54. The maximum absolute atomic E-state index is 12.6. The third-order valence-electron chi connectivity index (χ3n) is 4.58. The zero-order valence-electron chi connectivity index (χ0n) is 13.0. The molecule has 23 heavy (non-hydrogen) atoms. The van der Waals surface area contributed by atoms with Crippen LogP contribution in [0.15, 0.2) is 36.0 Å². The highest BCUT2D eigenvalue weighted by Crippen LogP contribution is 2.29. The Morgan fingerprint density at radius 2 is 2.04 bits per heavy atom. The largest absolute Gasteiger partial charge is 0.338 e. The number of hydrogen-bond donors (Lipinski definition) is 0. The summed E-state index contributed by atoms with van der Waals surface area (Å²) in [5, 5.41) is 6.36. The first-order valence-electron chi connectivity index (χ1n) is 7.86. The predicted octanol–water partition coefficient (Wildman–Crippen LogP) is 3.12. The van der Waals surface area contributed by atoms with Gasteiger partial charge < -0.3 is 4.90 Å². The summed E-state index contributed by atoms with van der Waals surface area (Å²) in [6, 6.07) is 5.98. The van der Waals surface area contributed by atoms with Crippen LogP contribution in [0.3, 0.4) is 0 Å². The van der Waals surface area contributed by atoms with Crippen LogP contribution in [0.25, 0.3) is 5.65 Å². The minimum Gasteiger partial charge on any atom is -0.338 e. The molecule has 0 N–H and O–H groups in total. The first kappa shape index (κ1) is 14.4. The third-order valence-corrected chi connectivity index (χ3v) is 5.58. The molecule has 1 fully saturated rings. The third kappa shape index (κ3) is 2.53. The van der Waals surface area contributed by atoms with Gasteiger partial charge in [-0.25, -0.2) is 9.50 Å². The van der Waals surface area contributed by atoms with E-state index in [1.807, 2.05) is 46.1 Å². The van der Waals surface area contributed by atoms with E-state index in [0.717, 1.165) is 42.0 Å². The zero-order valence-corrected chi connectivity index (χ0v) is 13.8. The second-order valence-corrected chi connectivity index (χ2v) is 6.89. The van der Waals surface area contributed by atoms with Crippen molar-refractivity contribution >= 4 is 22.9 Å². The molecule has 5 nitrogen and oxygen atoms in total. The molecule has 4 heterocycles. The monoisotopic (exact) mass is 326 g/mol. The molecule has 0 bridgehead atoms. The smallest absolute Gasteiger partial charge is 0.264 e. The highest BCUT2D eigenvalue weighted by Gasteiger charge is 2.27. The van der Waals surface area contributed by atoms with Crippen molar-refractivity contribution in [2.75, 3.05) is 13.1 Å². The molecule has 1 aliphatic heterocycles. The number of piperidine rings is 1. The Kier molecular flexibility index (Phi) is 3.61. The lowest BCUT2D eigenvalue weighted by atomic mass is 9.93. The van der Waals surface area contributed by atoms with E-state index in [1.165, 1.54) is 17.0 Å². The van der Waals surface area contributed by atoms with Gasteiger partial charge in [-0.1, -0.05) is 0 Å². The standard InChI is InChI=1S/C17H18N4OS/c1-12-6-11-23-16(12)17(22)20-9-4-13(5-10-20)14-2-7-18-15-3-8-19-21(14)15/h2-3,6-8,11,13H,4-5,9-10H2,1H3. The first-order chi connectivity index (χ1) is 11.2. The number of carbonyl (C=O) groups is 1. The van der Waals surface area contributed by atoms with Gasteiger partial charge in [0.25, 0.3) is 5.91 Å². The minimum absolute atomic E-state index is 0.176. The lowest BCUT2D eigenvalue weighted by Gasteiger charge is -2.32. The lowest BCUT2D eigenvalue weighted by molar-refractivity contribution is 0.0716. The van der Waals surface area contributed by atoms with Gasteiger partial charge in [-0.2, -0.15) is 5.10 Å². The Hall–Kier alpha value is -2.21. The van der Waals surface area contributed by atoms with Gasteiger partial charge in [-0.05, 0) is 42.8 Å². The Labute approximate surface area is 138 Å². The molecule has 1 amide bonds. The summed E-state index contributed by atoms with van der Waals surface area (Å²) in [7, 11) is 0. The van der Waals surface area contributed by atoms with Gasteiger partial charge in [0.15, 0.2) is 5.65 Å². The van der Waals surface area contributed by atoms with Crippen LogP contribution >= 0.6 is 11.3 Å². The number of carbonyl (C=O) groups excluding carboxylic acids is 1. The average molecular weight is 326 g/mol. The number of thiophene rings is 1. The average Bonchev–Trinajstić information content (AvgIpc) is 3.22. The van der Waals surface area contributed by atoms with E-state index in [4.69, 9.17) is 0 Å². The van der Waals surface area contributed by atoms with Crippen LogP contribution < -0.4 is 0 Å². The normalized spacial score (nSPS) is 16.1. The highest BCUT2D eigenvalue weighted by molar-refractivity contribution is 7.12. The van der Waals surface area contributed by atoms with Gasteiger partial charge in [0.2, 0.25) is 0 Å². The number of amides is 1. The van der Waals surface area contributed by atoms with E-state index >= 15 is 0 Å². The molecule has 0 radical (unpaired) electrons. The van der Waals surface area contributed by atoms with Gasteiger partial charge in [-0.15, -0.1) is 11.3 Å². The molecule has 6 heteroatoms. The summed E-state index contributed by atoms with van der Waals surface area (Å²) in [5.41, 5.74) is 3.16. The van der Waals surface area contributed by atoms with Crippen molar-refractivity contribution in [3.8, 4) is 0 Å². The second-order valence-electron chi connectivity index (χ2n) is 5.97. The van der Waals surface area contributed by atoms with E-state index in [0.29, 0.717) is 5.92 Å². The molecule has 3 aromatic heterocycles. The fraction of sp³-hybridized carbons (Fsp3) is 0.353. The van der Waals surface area contributed by atoms with Gasteiger partial charge >= 0.3 is 0 Å². The number of fused-ring (bicyclic) bond motifs is 1. The highest BCUT2D eigenvalue weighted by atomic mass is 32.1. The second kappa shape index (κ2) is 5.77. The summed E-state index contributed by atoms with van der Waals surface area (Å²) < 4.78 is 1.92. The van der Waals surface area contributed by atoms with Crippen molar-refractivity contribution in [1.29, 1.82) is 0 Å². The number of aryl methyl sites for hydroxylation is 1. The molecule has 0 spiro atoms. The molecular weight excluding hydrogens is 308 g/mol. The van der Waals surface area contributed by atoms with Crippen LogP contribution in [0.4, 0.5) is 0 Å². The summed E-state index contributed by atoms with van der Waals surface area (Å²) in [6.07, 6.45) is 5.56. The number of hydrogen-bond acceptors (Lipinski definition) is 4. The number of aromatic nitrogens is 3. The lowest BCUT2D eigenvalue weighted by Crippen LogP contribution is -2.38. The van der Waals surface area contributed by atoms with Crippen molar-refractivity contribution < 1.29 is 4.79 Å². The Morgan fingerprint density at radius 3 is 2.78 bits per heavy atom. The first-order valence-corrected chi connectivity index (χ1v) is 8.74. The molecule has 1 aliphatic rings. The van der Waals surface area contributed by atoms with Crippen LogP contribution in [0.2, 0.25) is 0 Å². The van der Waals surface area contributed by atoms with E-state index in [9.17, 15) is 4.79 Å². The van der Waals surface area contributed by atoms with E-state index < -0.39 is 0 Å². The van der Waals surface area contributed by atoms with Crippen molar-refractivity contribution in [2.45, 2.75) is 25.7 Å². The van der Waals surface area contributed by atoms with Crippen molar-refractivity contribution in [3.05, 3.63) is 52.1 Å². The number of likely N-dealkylation sites (tertiary alicyclic amines) is 1. The van der Waals surface area contributed by atoms with Crippen LogP contribution in [0.1, 0.15) is 39.7 Å². The van der Waals surface area contributed by atoms with Crippen molar-refractivity contribution in [2.24, 2.45) is 0 Å². The number of rotatable bonds is 2. The molecular formula is C17H18N4OS. The maximum atomic E-state index is 12.6. The van der Waals surface area contributed by atoms with Crippen molar-refractivity contribution in [1.82, 2.24) is 19.5 Å². The summed E-state index contributed by atoms with van der Waals surface area (Å²) in [5.74, 6) is 0.601. The van der Waals surface area contributed by atoms with Crippen LogP contribution in [0.5, 0.6) is 0 Å². The zero-order chi connectivity index (χ0) is 15.8. The predicted molar refractivity (Wildman–Crippen MR) is 89.9 cm³/mol. The molecule has 4 rings (SSSR count). The fourth-order valence-corrected chi connectivity index (χ4v) is 4.17. The Morgan fingerprint density at radius 1 is 1.22 bits per heavy atom. The molecule has 1 saturated heterocycles. The SMILES string of the molecule is Cc1ccsc1C(=O)N1CCC(c2ccnc3ccnn23)CC1. The van der Waals surface area contributed by atoms with Gasteiger partial charge in [-0.3, -0.25) is 4.79 Å². The molecule has 0 unspecified atom stereocenters. The van der Waals surface area contributed by atoms with E-state index in [-0.39, 0.29) is 5.91 Å². The number of nitrogens with zero attached hydrogens (tertiary/aromatic N) is 4. The Bertz CT molecular complexity index is 845. The molecule has 0 atom stereocenters. The van der Waals surface area contributed by atoms with E-state index in [1.54, 1.807) is 6.20 Å². The van der Waals surface area contributed by atoms with Crippen LogP contribution in [-0.4, -0.2) is 38.5 Å². The quantitative estimate of drug-likeness (QED) is 0.727. The molecule has 0 saturated carbocycles. The maximum Gasteiger partial charge on any atom is 0.264 e. The van der Waals surface area contributed by atoms with Crippen molar-refractivity contribution in [3.63, 3.8) is 0 Å². The fourth-order valence-electron chi connectivity index (χ4n) is 3.28. The van der Waals surface area contributed by atoms with Gasteiger partial charge in [0.05, 0.1) is 11.1 Å². The van der Waals surface area contributed by atoms with Gasteiger partial charge in [0.1, 0.15) is 0 Å². The molecule has 0 aromatic carbocycles. The Balaban J connectivity index is 1.50. The topological polar surface area (TPSA) is 50.5 Å². The molecule has 118 valence electrons. The summed E-state index contributed by atoms with van der Waals surface area (Å²) in [4.78, 5) is 19.8. The van der Waals surface area contributed by atoms with Crippen LogP contribution in [0, 0.1) is 6.92 Å². The summed E-state index contributed by atoms with van der Waals surface area (Å²) in [6.45, 7) is 3.60. The van der Waals surface area contributed by atoms with Crippen LogP contribution in [-0.2, 0) is 0 Å².